The van der Waals surface area contributed by atoms with Crippen molar-refractivity contribution in [3.05, 3.63) is 34.9 Å². The van der Waals surface area contributed by atoms with Crippen LogP contribution in [0.1, 0.15) is 23.6 Å². The Morgan fingerprint density at radius 3 is 2.83 bits per heavy atom. The van der Waals surface area contributed by atoms with Gasteiger partial charge in [-0.2, -0.15) is 0 Å². The topological polar surface area (TPSA) is 26.0 Å². The molecule has 1 aliphatic carbocycles. The molecule has 1 aromatic rings. The van der Waals surface area contributed by atoms with E-state index >= 15 is 0 Å². The Morgan fingerprint density at radius 1 is 1.33 bits per heavy atom. The van der Waals surface area contributed by atoms with Crippen LogP contribution in [0.5, 0.6) is 0 Å². The lowest BCUT2D eigenvalue weighted by atomic mass is 10.1. The number of hydrogen-bond donors (Lipinski definition) is 1. The number of benzene rings is 1. The zero-order valence-electron chi connectivity index (χ0n) is 6.48. The van der Waals surface area contributed by atoms with Crippen LogP contribution in [0.3, 0.4) is 0 Å². The van der Waals surface area contributed by atoms with E-state index in [1.165, 1.54) is 6.07 Å². The van der Waals surface area contributed by atoms with Gasteiger partial charge in [0, 0.05) is 17.7 Å². The second kappa shape index (κ2) is 2.52. The first-order valence-electron chi connectivity index (χ1n) is 3.92. The highest BCUT2D eigenvalue weighted by Crippen LogP contribution is 2.31. The minimum atomic E-state index is -0.514. The molecule has 1 atom stereocenters. The van der Waals surface area contributed by atoms with E-state index in [1.54, 1.807) is 0 Å². The van der Waals surface area contributed by atoms with Crippen LogP contribution in [-0.2, 0) is 6.42 Å². The lowest BCUT2D eigenvalue weighted by Gasteiger charge is -2.05. The molecular formula is C9H9F2N. The average Bonchev–Trinajstić information content (AvgIpc) is 2.31. The Kier molecular flexibility index (Phi) is 1.61. The number of rotatable bonds is 0. The fourth-order valence-corrected chi connectivity index (χ4v) is 1.72. The molecule has 12 heavy (non-hydrogen) atoms. The van der Waals surface area contributed by atoms with E-state index in [0.29, 0.717) is 12.0 Å². The highest BCUT2D eigenvalue weighted by molar-refractivity contribution is 5.35. The van der Waals surface area contributed by atoms with E-state index in [4.69, 9.17) is 5.73 Å². The zero-order chi connectivity index (χ0) is 8.72. The van der Waals surface area contributed by atoms with Crippen molar-refractivity contribution in [2.24, 2.45) is 5.73 Å². The molecule has 0 amide bonds. The molecule has 0 saturated heterocycles. The van der Waals surface area contributed by atoms with E-state index < -0.39 is 11.6 Å². The molecule has 1 nitrogen and oxygen atoms in total. The molecule has 0 fully saturated rings. The molecule has 0 saturated carbocycles. The van der Waals surface area contributed by atoms with Gasteiger partial charge in [0.1, 0.15) is 11.6 Å². The van der Waals surface area contributed by atoms with Crippen molar-refractivity contribution < 1.29 is 8.78 Å². The van der Waals surface area contributed by atoms with Gasteiger partial charge in [0.05, 0.1) is 0 Å². The second-order valence-electron chi connectivity index (χ2n) is 3.11. The van der Waals surface area contributed by atoms with E-state index in [-0.39, 0.29) is 6.04 Å². The molecular weight excluding hydrogens is 160 g/mol. The molecule has 0 unspecified atom stereocenters. The molecule has 0 aromatic heterocycles. The molecule has 2 rings (SSSR count). The number of nitrogens with two attached hydrogens (primary N) is 1. The van der Waals surface area contributed by atoms with Crippen molar-refractivity contribution in [1.29, 1.82) is 0 Å². The molecule has 0 spiro atoms. The summed E-state index contributed by atoms with van der Waals surface area (Å²) in [6, 6.07) is 2.01. The zero-order valence-corrected chi connectivity index (χ0v) is 6.48. The summed E-state index contributed by atoms with van der Waals surface area (Å²) in [6.45, 7) is 0. The van der Waals surface area contributed by atoms with Crippen LogP contribution in [0.15, 0.2) is 12.1 Å². The molecule has 2 N–H and O–H groups in total. The van der Waals surface area contributed by atoms with Gasteiger partial charge < -0.3 is 5.73 Å². The van der Waals surface area contributed by atoms with Crippen LogP contribution in [-0.4, -0.2) is 0 Å². The summed E-state index contributed by atoms with van der Waals surface area (Å²) in [7, 11) is 0. The largest absolute Gasteiger partial charge is 0.324 e. The van der Waals surface area contributed by atoms with Crippen LogP contribution >= 0.6 is 0 Å². The summed E-state index contributed by atoms with van der Waals surface area (Å²) in [4.78, 5) is 0. The minimum Gasteiger partial charge on any atom is -0.324 e. The molecule has 1 aliphatic rings. The summed E-state index contributed by atoms with van der Waals surface area (Å²) in [6.07, 6.45) is 1.40. The first-order chi connectivity index (χ1) is 5.68. The SMILES string of the molecule is N[C@@H]1CCc2cc(F)cc(F)c21. The first-order valence-corrected chi connectivity index (χ1v) is 3.92. The van der Waals surface area contributed by atoms with Gasteiger partial charge in [-0.05, 0) is 24.5 Å². The lowest BCUT2D eigenvalue weighted by molar-refractivity contribution is 0.562. The number of halogens is 2. The van der Waals surface area contributed by atoms with Gasteiger partial charge in [0.2, 0.25) is 0 Å². The highest BCUT2D eigenvalue weighted by atomic mass is 19.1. The maximum atomic E-state index is 13.1. The van der Waals surface area contributed by atoms with Crippen molar-refractivity contribution >= 4 is 0 Å². The number of hydrogen-bond acceptors (Lipinski definition) is 1. The summed E-state index contributed by atoms with van der Waals surface area (Å²) < 4.78 is 25.8. The van der Waals surface area contributed by atoms with Crippen molar-refractivity contribution in [2.45, 2.75) is 18.9 Å². The van der Waals surface area contributed by atoms with Gasteiger partial charge in [0.15, 0.2) is 0 Å². The fraction of sp³-hybridized carbons (Fsp3) is 0.333. The maximum Gasteiger partial charge on any atom is 0.131 e. The predicted octanol–water partition coefficient (Wildman–Crippen LogP) is 1.91. The third kappa shape index (κ3) is 1.01. The Balaban J connectivity index is 2.60. The van der Waals surface area contributed by atoms with E-state index in [9.17, 15) is 8.78 Å². The second-order valence-corrected chi connectivity index (χ2v) is 3.11. The molecule has 64 valence electrons. The van der Waals surface area contributed by atoms with Gasteiger partial charge >= 0.3 is 0 Å². The summed E-state index contributed by atoms with van der Waals surface area (Å²) in [5.41, 5.74) is 6.85. The normalized spacial score (nSPS) is 21.1. The van der Waals surface area contributed by atoms with Crippen LogP contribution in [0.2, 0.25) is 0 Å². The highest BCUT2D eigenvalue weighted by Gasteiger charge is 2.23. The van der Waals surface area contributed by atoms with Crippen molar-refractivity contribution in [3.63, 3.8) is 0 Å². The van der Waals surface area contributed by atoms with Gasteiger partial charge in [-0.3, -0.25) is 0 Å². The summed E-state index contributed by atoms with van der Waals surface area (Å²) in [5, 5.41) is 0. The molecule has 1 aromatic carbocycles. The van der Waals surface area contributed by atoms with Crippen LogP contribution in [0.4, 0.5) is 8.78 Å². The van der Waals surface area contributed by atoms with Crippen molar-refractivity contribution in [2.75, 3.05) is 0 Å². The van der Waals surface area contributed by atoms with Gasteiger partial charge in [-0.25, -0.2) is 8.78 Å². The summed E-state index contributed by atoms with van der Waals surface area (Å²) >= 11 is 0. The third-order valence-corrected chi connectivity index (χ3v) is 2.28. The molecule has 0 radical (unpaired) electrons. The lowest BCUT2D eigenvalue weighted by Crippen LogP contribution is -2.07. The summed E-state index contributed by atoms with van der Waals surface area (Å²) in [5.74, 6) is -1.02. The Morgan fingerprint density at radius 2 is 2.08 bits per heavy atom. The van der Waals surface area contributed by atoms with Crippen LogP contribution in [0, 0.1) is 11.6 Å². The third-order valence-electron chi connectivity index (χ3n) is 2.28. The molecule has 0 bridgehead atoms. The Bertz CT molecular complexity index is 323. The van der Waals surface area contributed by atoms with Crippen molar-refractivity contribution in [1.82, 2.24) is 0 Å². The van der Waals surface area contributed by atoms with Gasteiger partial charge in [-0.15, -0.1) is 0 Å². The minimum absolute atomic E-state index is 0.249. The Hall–Kier alpha value is -0.960. The standard InChI is InChI=1S/C9H9F2N/c10-6-3-5-1-2-8(12)9(5)7(11)4-6/h3-4,8H,1-2,12H2/t8-/m1/s1. The van der Waals surface area contributed by atoms with Gasteiger partial charge in [0.25, 0.3) is 0 Å². The first kappa shape index (κ1) is 7.68. The number of fused-ring (bicyclic) bond motifs is 1. The van der Waals surface area contributed by atoms with E-state index in [1.807, 2.05) is 0 Å². The number of aryl methyl sites for hydroxylation is 1. The van der Waals surface area contributed by atoms with Crippen molar-refractivity contribution in [3.8, 4) is 0 Å². The molecule has 3 heteroatoms. The predicted molar refractivity (Wildman–Crippen MR) is 41.6 cm³/mol. The van der Waals surface area contributed by atoms with Gasteiger partial charge in [-0.1, -0.05) is 0 Å². The molecule has 0 heterocycles. The van der Waals surface area contributed by atoms with E-state index in [2.05, 4.69) is 0 Å². The van der Waals surface area contributed by atoms with Crippen LogP contribution < -0.4 is 5.73 Å². The fourth-order valence-electron chi connectivity index (χ4n) is 1.72. The monoisotopic (exact) mass is 169 g/mol. The molecule has 0 aliphatic heterocycles. The average molecular weight is 169 g/mol. The quantitative estimate of drug-likeness (QED) is 0.630. The van der Waals surface area contributed by atoms with E-state index in [0.717, 1.165) is 18.1 Å². The Labute approximate surface area is 69.2 Å². The smallest absolute Gasteiger partial charge is 0.131 e. The maximum absolute atomic E-state index is 13.1. The van der Waals surface area contributed by atoms with Crippen LogP contribution in [0.25, 0.3) is 0 Å².